The van der Waals surface area contributed by atoms with Gasteiger partial charge in [-0.15, -0.1) is 0 Å². The predicted molar refractivity (Wildman–Crippen MR) is 74.4 cm³/mol. The van der Waals surface area contributed by atoms with Crippen LogP contribution in [0.5, 0.6) is 0 Å². The largest absolute Gasteiger partial charge is 0.481 e. The summed E-state index contributed by atoms with van der Waals surface area (Å²) < 4.78 is 0. The smallest absolute Gasteiger partial charge is 0.304 e. The first kappa shape index (κ1) is 12.7. The number of hydrogen-bond acceptors (Lipinski definition) is 2. The Labute approximate surface area is 114 Å². The van der Waals surface area contributed by atoms with Crippen molar-refractivity contribution in [2.45, 2.75) is 44.1 Å². The zero-order valence-corrected chi connectivity index (χ0v) is 11.2. The van der Waals surface area contributed by atoms with Crippen molar-refractivity contribution < 1.29 is 9.90 Å². The maximum absolute atomic E-state index is 11.0. The molecule has 0 spiro atoms. The van der Waals surface area contributed by atoms with Crippen molar-refractivity contribution in [2.24, 2.45) is 0 Å². The Morgan fingerprint density at radius 2 is 2.16 bits per heavy atom. The summed E-state index contributed by atoms with van der Waals surface area (Å²) in [5.74, 6) is -0.0449. The van der Waals surface area contributed by atoms with E-state index in [-0.39, 0.29) is 6.04 Å². The number of piperidine rings is 1. The summed E-state index contributed by atoms with van der Waals surface area (Å²) in [6.07, 6.45) is 4.89. The van der Waals surface area contributed by atoms with Crippen LogP contribution in [-0.4, -0.2) is 35.1 Å². The fourth-order valence-corrected chi connectivity index (χ4v) is 3.54. The Bertz CT molecular complexity index is 472. The number of aliphatic carboxylic acids is 1. The van der Waals surface area contributed by atoms with E-state index in [2.05, 4.69) is 29.2 Å². The molecule has 1 saturated heterocycles. The SMILES string of the molecule is O=C(O)CC1CCCCN1CC1Cc2ccccc21. The van der Waals surface area contributed by atoms with Gasteiger partial charge in [-0.1, -0.05) is 30.7 Å². The van der Waals surface area contributed by atoms with Gasteiger partial charge in [-0.25, -0.2) is 0 Å². The van der Waals surface area contributed by atoms with Crippen LogP contribution in [0.2, 0.25) is 0 Å². The van der Waals surface area contributed by atoms with E-state index in [1.807, 2.05) is 0 Å². The van der Waals surface area contributed by atoms with Crippen molar-refractivity contribution in [2.75, 3.05) is 13.1 Å². The maximum atomic E-state index is 11.0. The van der Waals surface area contributed by atoms with E-state index >= 15 is 0 Å². The number of benzene rings is 1. The second kappa shape index (κ2) is 5.33. The Hall–Kier alpha value is -1.35. The Balaban J connectivity index is 1.64. The standard InChI is InChI=1S/C16H21NO2/c18-16(19)10-14-6-3-4-8-17(14)11-13-9-12-5-1-2-7-15(12)13/h1-2,5,7,13-14H,3-4,6,8-11H2,(H,18,19). The van der Waals surface area contributed by atoms with E-state index in [0.717, 1.165) is 25.9 Å². The van der Waals surface area contributed by atoms with Gasteiger partial charge in [0.2, 0.25) is 0 Å². The normalized spacial score (nSPS) is 26.5. The quantitative estimate of drug-likeness (QED) is 0.903. The molecule has 3 rings (SSSR count). The van der Waals surface area contributed by atoms with Gasteiger partial charge in [0.05, 0.1) is 6.42 Å². The van der Waals surface area contributed by atoms with Crippen LogP contribution < -0.4 is 0 Å². The molecule has 19 heavy (non-hydrogen) atoms. The van der Waals surface area contributed by atoms with Crippen LogP contribution in [-0.2, 0) is 11.2 Å². The van der Waals surface area contributed by atoms with Gasteiger partial charge in [0, 0.05) is 18.5 Å². The molecule has 2 unspecified atom stereocenters. The zero-order chi connectivity index (χ0) is 13.2. The van der Waals surface area contributed by atoms with Gasteiger partial charge >= 0.3 is 5.97 Å². The molecule has 0 aromatic heterocycles. The third-order valence-corrected chi connectivity index (χ3v) is 4.58. The number of nitrogens with zero attached hydrogens (tertiary/aromatic N) is 1. The molecule has 2 atom stereocenters. The number of carboxylic acid groups (broad SMARTS) is 1. The molecule has 0 bridgehead atoms. The molecule has 1 aromatic carbocycles. The summed E-state index contributed by atoms with van der Waals surface area (Å²) in [5.41, 5.74) is 2.95. The molecule has 2 aliphatic rings. The maximum Gasteiger partial charge on any atom is 0.304 e. The van der Waals surface area contributed by atoms with Crippen LogP contribution in [0.1, 0.15) is 42.7 Å². The number of rotatable bonds is 4. The van der Waals surface area contributed by atoms with Crippen molar-refractivity contribution in [3.8, 4) is 0 Å². The zero-order valence-electron chi connectivity index (χ0n) is 11.2. The van der Waals surface area contributed by atoms with E-state index in [9.17, 15) is 4.79 Å². The van der Waals surface area contributed by atoms with Gasteiger partial charge in [-0.3, -0.25) is 9.69 Å². The molecule has 0 saturated carbocycles. The Kier molecular flexibility index (Phi) is 3.56. The number of carboxylic acids is 1. The molecule has 0 radical (unpaired) electrons. The van der Waals surface area contributed by atoms with E-state index in [1.165, 1.54) is 24.0 Å². The number of fused-ring (bicyclic) bond motifs is 1. The van der Waals surface area contributed by atoms with Gasteiger partial charge < -0.3 is 5.11 Å². The average molecular weight is 259 g/mol. The molecule has 1 aromatic rings. The van der Waals surface area contributed by atoms with Crippen LogP contribution in [0.15, 0.2) is 24.3 Å². The van der Waals surface area contributed by atoms with Crippen molar-refractivity contribution >= 4 is 5.97 Å². The van der Waals surface area contributed by atoms with Crippen LogP contribution in [0.25, 0.3) is 0 Å². The number of hydrogen-bond donors (Lipinski definition) is 1. The van der Waals surface area contributed by atoms with Crippen LogP contribution >= 0.6 is 0 Å². The minimum absolute atomic E-state index is 0.249. The van der Waals surface area contributed by atoms with E-state index in [1.54, 1.807) is 0 Å². The first-order valence-corrected chi connectivity index (χ1v) is 7.27. The van der Waals surface area contributed by atoms with Crippen LogP contribution in [0.4, 0.5) is 0 Å². The van der Waals surface area contributed by atoms with E-state index in [0.29, 0.717) is 12.3 Å². The van der Waals surface area contributed by atoms with Crippen molar-refractivity contribution in [3.63, 3.8) is 0 Å². The molecule has 0 amide bonds. The topological polar surface area (TPSA) is 40.5 Å². The minimum atomic E-state index is -0.661. The lowest BCUT2D eigenvalue weighted by Crippen LogP contribution is -2.44. The molecule has 3 heteroatoms. The van der Waals surface area contributed by atoms with E-state index in [4.69, 9.17) is 5.11 Å². The van der Waals surface area contributed by atoms with Crippen LogP contribution in [0.3, 0.4) is 0 Å². The highest BCUT2D eigenvalue weighted by Crippen LogP contribution is 2.36. The van der Waals surface area contributed by atoms with Crippen molar-refractivity contribution in [3.05, 3.63) is 35.4 Å². The average Bonchev–Trinajstić information content (AvgIpc) is 2.37. The summed E-state index contributed by atoms with van der Waals surface area (Å²) >= 11 is 0. The number of likely N-dealkylation sites (tertiary alicyclic amines) is 1. The molecular weight excluding hydrogens is 238 g/mol. The Morgan fingerprint density at radius 3 is 2.95 bits per heavy atom. The summed E-state index contributed by atoms with van der Waals surface area (Å²) in [6.45, 7) is 2.10. The molecule has 1 aliphatic heterocycles. The lowest BCUT2D eigenvalue weighted by atomic mass is 9.77. The van der Waals surface area contributed by atoms with Gasteiger partial charge in [0.15, 0.2) is 0 Å². The molecule has 3 nitrogen and oxygen atoms in total. The summed E-state index contributed by atoms with van der Waals surface area (Å²) in [6, 6.07) is 8.88. The minimum Gasteiger partial charge on any atom is -0.481 e. The first-order valence-electron chi connectivity index (χ1n) is 7.27. The van der Waals surface area contributed by atoms with Gasteiger partial charge in [-0.05, 0) is 36.9 Å². The second-order valence-corrected chi connectivity index (χ2v) is 5.84. The fraction of sp³-hybridized carbons (Fsp3) is 0.562. The second-order valence-electron chi connectivity index (χ2n) is 5.84. The molecule has 1 fully saturated rings. The third-order valence-electron chi connectivity index (χ3n) is 4.58. The molecular formula is C16H21NO2. The summed E-state index contributed by atoms with van der Waals surface area (Å²) in [4.78, 5) is 13.4. The lowest BCUT2D eigenvalue weighted by Gasteiger charge is -2.40. The molecule has 1 N–H and O–H groups in total. The fourth-order valence-electron chi connectivity index (χ4n) is 3.54. The summed E-state index contributed by atoms with van der Waals surface area (Å²) in [7, 11) is 0. The van der Waals surface area contributed by atoms with E-state index < -0.39 is 5.97 Å². The van der Waals surface area contributed by atoms with Gasteiger partial charge in [-0.2, -0.15) is 0 Å². The summed E-state index contributed by atoms with van der Waals surface area (Å²) in [5, 5.41) is 9.02. The number of carbonyl (C=O) groups is 1. The lowest BCUT2D eigenvalue weighted by molar-refractivity contribution is -0.138. The predicted octanol–water partition coefficient (Wildman–Crippen LogP) is 2.66. The molecule has 1 aliphatic carbocycles. The highest BCUT2D eigenvalue weighted by Gasteiger charge is 2.31. The molecule has 102 valence electrons. The van der Waals surface area contributed by atoms with Crippen molar-refractivity contribution in [1.29, 1.82) is 0 Å². The van der Waals surface area contributed by atoms with Gasteiger partial charge in [0.1, 0.15) is 0 Å². The third kappa shape index (κ3) is 2.66. The Morgan fingerprint density at radius 1 is 1.32 bits per heavy atom. The van der Waals surface area contributed by atoms with Gasteiger partial charge in [0.25, 0.3) is 0 Å². The highest BCUT2D eigenvalue weighted by molar-refractivity contribution is 5.67. The van der Waals surface area contributed by atoms with Crippen LogP contribution in [0, 0.1) is 0 Å². The molecule has 1 heterocycles. The first-order chi connectivity index (χ1) is 9.24. The highest BCUT2D eigenvalue weighted by atomic mass is 16.4. The van der Waals surface area contributed by atoms with Crippen molar-refractivity contribution in [1.82, 2.24) is 4.90 Å². The monoisotopic (exact) mass is 259 g/mol.